The van der Waals surface area contributed by atoms with Crippen LogP contribution in [-0.4, -0.2) is 36.5 Å². The van der Waals surface area contributed by atoms with Crippen LogP contribution in [0.3, 0.4) is 0 Å². The summed E-state index contributed by atoms with van der Waals surface area (Å²) in [5.41, 5.74) is -0.0993. The highest BCUT2D eigenvalue weighted by atomic mass is 16.2. The molecule has 0 unspecified atom stereocenters. The number of piperidine rings is 1. The molecule has 2 aliphatic rings. The Morgan fingerprint density at radius 3 is 2.48 bits per heavy atom. The quantitative estimate of drug-likeness (QED) is 0.792. The van der Waals surface area contributed by atoms with E-state index in [1.807, 2.05) is 0 Å². The van der Waals surface area contributed by atoms with Crippen molar-refractivity contribution in [2.45, 2.75) is 64.8 Å². The van der Waals surface area contributed by atoms with Gasteiger partial charge in [-0.3, -0.25) is 9.69 Å². The number of hydrogen-bond acceptors (Lipinski definition) is 3. The fourth-order valence-corrected chi connectivity index (χ4v) is 4.03. The second-order valence-corrected chi connectivity index (χ2v) is 7.27. The van der Waals surface area contributed by atoms with Gasteiger partial charge >= 0.3 is 0 Å². The molecule has 0 aromatic heterocycles. The first-order valence-corrected chi connectivity index (χ1v) is 8.46. The summed E-state index contributed by atoms with van der Waals surface area (Å²) in [6.07, 6.45) is 7.48. The van der Waals surface area contributed by atoms with Gasteiger partial charge in [0.2, 0.25) is 5.91 Å². The summed E-state index contributed by atoms with van der Waals surface area (Å²) in [6.45, 7) is 6.80. The lowest BCUT2D eigenvalue weighted by molar-refractivity contribution is -0.132. The van der Waals surface area contributed by atoms with Gasteiger partial charge in [0, 0.05) is 24.5 Å². The van der Waals surface area contributed by atoms with Crippen molar-refractivity contribution in [3.63, 3.8) is 0 Å². The molecule has 1 heterocycles. The average molecular weight is 291 g/mol. The van der Waals surface area contributed by atoms with Gasteiger partial charge in [0.25, 0.3) is 0 Å². The molecule has 2 rings (SSSR count). The number of nitrogens with one attached hydrogen (secondary N) is 1. The van der Waals surface area contributed by atoms with E-state index in [1.165, 1.54) is 12.8 Å². The molecule has 0 spiro atoms. The van der Waals surface area contributed by atoms with Crippen LogP contribution in [-0.2, 0) is 4.79 Å². The largest absolute Gasteiger partial charge is 0.353 e. The molecule has 2 fully saturated rings. The Bertz CT molecular complexity index is 385. The minimum atomic E-state index is -0.0993. The van der Waals surface area contributed by atoms with E-state index >= 15 is 0 Å². The first-order valence-electron chi connectivity index (χ1n) is 8.46. The van der Waals surface area contributed by atoms with E-state index in [-0.39, 0.29) is 5.41 Å². The van der Waals surface area contributed by atoms with E-state index in [9.17, 15) is 4.79 Å². The third-order valence-electron chi connectivity index (χ3n) is 5.06. The van der Waals surface area contributed by atoms with Crippen LogP contribution in [0.2, 0.25) is 0 Å². The van der Waals surface area contributed by atoms with Crippen molar-refractivity contribution in [2.24, 2.45) is 11.3 Å². The smallest absolute Gasteiger partial charge is 0.226 e. The van der Waals surface area contributed by atoms with Gasteiger partial charge in [-0.1, -0.05) is 26.7 Å². The molecule has 1 saturated heterocycles. The van der Waals surface area contributed by atoms with Crippen molar-refractivity contribution in [1.82, 2.24) is 10.2 Å². The highest BCUT2D eigenvalue weighted by molar-refractivity contribution is 5.83. The molecule has 0 radical (unpaired) electrons. The summed E-state index contributed by atoms with van der Waals surface area (Å²) in [6, 6.07) is 2.51. The maximum absolute atomic E-state index is 12.8. The fourth-order valence-electron chi connectivity index (χ4n) is 4.03. The third kappa shape index (κ3) is 4.20. The van der Waals surface area contributed by atoms with Gasteiger partial charge < -0.3 is 5.32 Å². The highest BCUT2D eigenvalue weighted by Crippen LogP contribution is 2.43. The van der Waals surface area contributed by atoms with Crippen molar-refractivity contribution in [3.05, 3.63) is 0 Å². The molecule has 4 heteroatoms. The summed E-state index contributed by atoms with van der Waals surface area (Å²) >= 11 is 0. The number of hydrogen-bond donors (Lipinski definition) is 1. The number of likely N-dealkylation sites (tertiary alicyclic amines) is 1. The Kier molecular flexibility index (Phi) is 5.64. The van der Waals surface area contributed by atoms with Gasteiger partial charge in [-0.25, -0.2) is 0 Å². The van der Waals surface area contributed by atoms with Crippen molar-refractivity contribution in [2.75, 3.05) is 19.6 Å². The van der Waals surface area contributed by atoms with E-state index in [0.29, 0.717) is 24.4 Å². The van der Waals surface area contributed by atoms with Crippen molar-refractivity contribution in [1.29, 1.82) is 5.26 Å². The Balaban J connectivity index is 1.87. The van der Waals surface area contributed by atoms with Gasteiger partial charge in [0.1, 0.15) is 0 Å². The zero-order chi connectivity index (χ0) is 15.3. The standard InChI is InChI=1S/C17H29N3O/c1-14(2)13-17(7-3-4-8-17)16(21)19-15-5-10-20(11-6-15)12-9-18/h14-15H,3-8,10-13H2,1-2H3,(H,19,21). The maximum Gasteiger partial charge on any atom is 0.226 e. The van der Waals surface area contributed by atoms with Crippen LogP contribution in [0.15, 0.2) is 0 Å². The van der Waals surface area contributed by atoms with E-state index in [0.717, 1.165) is 45.2 Å². The maximum atomic E-state index is 12.8. The first kappa shape index (κ1) is 16.3. The third-order valence-corrected chi connectivity index (χ3v) is 5.06. The number of carbonyl (C=O) groups excluding carboxylic acids is 1. The summed E-state index contributed by atoms with van der Waals surface area (Å²) in [7, 11) is 0. The SMILES string of the molecule is CC(C)CC1(C(=O)NC2CCN(CC#N)CC2)CCCC1. The van der Waals surface area contributed by atoms with Crippen LogP contribution in [0.5, 0.6) is 0 Å². The Morgan fingerprint density at radius 2 is 1.95 bits per heavy atom. The first-order chi connectivity index (χ1) is 10.1. The van der Waals surface area contributed by atoms with E-state index in [2.05, 4.69) is 30.1 Å². The van der Waals surface area contributed by atoms with E-state index < -0.39 is 0 Å². The van der Waals surface area contributed by atoms with Crippen LogP contribution < -0.4 is 5.32 Å². The highest BCUT2D eigenvalue weighted by Gasteiger charge is 2.42. The van der Waals surface area contributed by atoms with Crippen LogP contribution in [0.1, 0.15) is 58.8 Å². The number of nitrogens with zero attached hydrogens (tertiary/aromatic N) is 2. The monoisotopic (exact) mass is 291 g/mol. The van der Waals surface area contributed by atoms with Crippen LogP contribution in [0.25, 0.3) is 0 Å². The molecular formula is C17H29N3O. The molecule has 4 nitrogen and oxygen atoms in total. The van der Waals surface area contributed by atoms with E-state index in [1.54, 1.807) is 0 Å². The van der Waals surface area contributed by atoms with E-state index in [4.69, 9.17) is 5.26 Å². The average Bonchev–Trinajstić information content (AvgIpc) is 2.90. The van der Waals surface area contributed by atoms with Gasteiger partial charge in [-0.15, -0.1) is 0 Å². The second-order valence-electron chi connectivity index (χ2n) is 7.27. The van der Waals surface area contributed by atoms with Crippen LogP contribution >= 0.6 is 0 Å². The summed E-state index contributed by atoms with van der Waals surface area (Å²) < 4.78 is 0. The van der Waals surface area contributed by atoms with Gasteiger partial charge in [0.05, 0.1) is 12.6 Å². The minimum absolute atomic E-state index is 0.0993. The zero-order valence-corrected chi connectivity index (χ0v) is 13.5. The molecule has 1 saturated carbocycles. The number of nitriles is 1. The lowest BCUT2D eigenvalue weighted by Gasteiger charge is -2.35. The molecular weight excluding hydrogens is 262 g/mol. The number of rotatable bonds is 5. The number of amides is 1. The molecule has 1 aliphatic carbocycles. The summed E-state index contributed by atoms with van der Waals surface area (Å²) in [5, 5.41) is 12.1. The van der Waals surface area contributed by atoms with Gasteiger partial charge in [-0.05, 0) is 38.0 Å². The topological polar surface area (TPSA) is 56.1 Å². The van der Waals surface area contributed by atoms with Crippen molar-refractivity contribution >= 4 is 5.91 Å². The number of carbonyl (C=O) groups is 1. The second kappa shape index (κ2) is 7.26. The summed E-state index contributed by atoms with van der Waals surface area (Å²) in [4.78, 5) is 15.0. The minimum Gasteiger partial charge on any atom is -0.353 e. The molecule has 1 amide bonds. The lowest BCUT2D eigenvalue weighted by atomic mass is 9.77. The Hall–Kier alpha value is -1.08. The molecule has 0 aromatic rings. The van der Waals surface area contributed by atoms with Crippen LogP contribution in [0, 0.1) is 22.7 Å². The fraction of sp³-hybridized carbons (Fsp3) is 0.882. The van der Waals surface area contributed by atoms with Crippen LogP contribution in [0.4, 0.5) is 0 Å². The molecule has 0 bridgehead atoms. The Morgan fingerprint density at radius 1 is 1.33 bits per heavy atom. The molecule has 1 N–H and O–H groups in total. The lowest BCUT2D eigenvalue weighted by Crippen LogP contribution is -2.49. The molecule has 21 heavy (non-hydrogen) atoms. The summed E-state index contributed by atoms with van der Waals surface area (Å²) in [5.74, 6) is 0.874. The molecule has 1 aliphatic heterocycles. The zero-order valence-electron chi connectivity index (χ0n) is 13.5. The predicted octanol–water partition coefficient (Wildman–Crippen LogP) is 2.70. The molecule has 0 atom stereocenters. The van der Waals surface area contributed by atoms with Gasteiger partial charge in [0.15, 0.2) is 0 Å². The predicted molar refractivity (Wildman–Crippen MR) is 83.6 cm³/mol. The molecule has 0 aromatic carbocycles. The van der Waals surface area contributed by atoms with Gasteiger partial charge in [-0.2, -0.15) is 5.26 Å². The Labute approximate surface area is 128 Å². The molecule has 118 valence electrons. The van der Waals surface area contributed by atoms with Crippen molar-refractivity contribution < 1.29 is 4.79 Å². The van der Waals surface area contributed by atoms with Crippen molar-refractivity contribution in [3.8, 4) is 6.07 Å². The normalized spacial score (nSPS) is 23.1.